The molecular weight excluding hydrogens is 154 g/mol. The fourth-order valence-corrected chi connectivity index (χ4v) is 1.46. The molecule has 2 unspecified atom stereocenters. The Morgan fingerprint density at radius 1 is 1.83 bits per heavy atom. The maximum Gasteiger partial charge on any atom is 0.304 e. The minimum atomic E-state index is -0.739. The number of allylic oxidation sites excluding steroid dienone is 1. The molecule has 0 radical (unpaired) electrons. The van der Waals surface area contributed by atoms with E-state index in [2.05, 4.69) is 17.5 Å². The summed E-state index contributed by atoms with van der Waals surface area (Å²) in [5, 5.41) is 11.7. The van der Waals surface area contributed by atoms with Crippen LogP contribution in [0.4, 0.5) is 0 Å². The quantitative estimate of drug-likeness (QED) is 0.621. The lowest BCUT2D eigenvalue weighted by Crippen LogP contribution is -2.35. The summed E-state index contributed by atoms with van der Waals surface area (Å²) in [5.74, 6) is -0.739. The van der Waals surface area contributed by atoms with Gasteiger partial charge in [-0.3, -0.25) is 4.79 Å². The molecule has 0 heterocycles. The van der Waals surface area contributed by atoms with Crippen LogP contribution in [0.2, 0.25) is 0 Å². The monoisotopic (exact) mass is 169 g/mol. The molecule has 2 atom stereocenters. The molecule has 3 nitrogen and oxygen atoms in total. The van der Waals surface area contributed by atoms with Crippen molar-refractivity contribution in [2.24, 2.45) is 0 Å². The van der Waals surface area contributed by atoms with Crippen LogP contribution in [0.15, 0.2) is 12.2 Å². The van der Waals surface area contributed by atoms with E-state index in [4.69, 9.17) is 5.11 Å². The molecule has 1 rings (SSSR count). The molecule has 68 valence electrons. The van der Waals surface area contributed by atoms with Crippen LogP contribution in [0.5, 0.6) is 0 Å². The second-order valence-corrected chi connectivity index (χ2v) is 3.28. The van der Waals surface area contributed by atoms with Gasteiger partial charge in [-0.2, -0.15) is 0 Å². The summed E-state index contributed by atoms with van der Waals surface area (Å²) >= 11 is 0. The Kier molecular flexibility index (Phi) is 3.29. The smallest absolute Gasteiger partial charge is 0.304 e. The third-order valence-electron chi connectivity index (χ3n) is 1.99. The number of carboxylic acids is 1. The first-order valence-corrected chi connectivity index (χ1v) is 4.33. The zero-order chi connectivity index (χ0) is 8.97. The van der Waals surface area contributed by atoms with Crippen molar-refractivity contribution >= 4 is 5.97 Å². The van der Waals surface area contributed by atoms with Crippen LogP contribution < -0.4 is 5.32 Å². The van der Waals surface area contributed by atoms with Crippen LogP contribution in [0.1, 0.15) is 26.2 Å². The van der Waals surface area contributed by atoms with Crippen molar-refractivity contribution in [1.29, 1.82) is 0 Å². The SMILES string of the molecule is CC(CC(=O)O)NC1C=CCC1. The Labute approximate surface area is 72.5 Å². The molecule has 0 fully saturated rings. The summed E-state index contributed by atoms with van der Waals surface area (Å²) in [6.07, 6.45) is 6.65. The highest BCUT2D eigenvalue weighted by atomic mass is 16.4. The summed E-state index contributed by atoms with van der Waals surface area (Å²) in [4.78, 5) is 10.3. The number of hydrogen-bond donors (Lipinski definition) is 2. The standard InChI is InChI=1S/C9H15NO2/c1-7(6-9(11)12)10-8-4-2-3-5-8/h2,4,7-8,10H,3,5-6H2,1H3,(H,11,12). The van der Waals surface area contributed by atoms with Crippen LogP contribution in [-0.4, -0.2) is 23.2 Å². The summed E-state index contributed by atoms with van der Waals surface area (Å²) < 4.78 is 0. The van der Waals surface area contributed by atoms with Crippen molar-refractivity contribution < 1.29 is 9.90 Å². The van der Waals surface area contributed by atoms with Gasteiger partial charge in [-0.15, -0.1) is 0 Å². The van der Waals surface area contributed by atoms with E-state index in [1.165, 1.54) is 0 Å². The minimum absolute atomic E-state index is 0.0650. The van der Waals surface area contributed by atoms with E-state index < -0.39 is 5.97 Å². The Balaban J connectivity index is 2.20. The van der Waals surface area contributed by atoms with Gasteiger partial charge < -0.3 is 10.4 Å². The van der Waals surface area contributed by atoms with Gasteiger partial charge in [0.15, 0.2) is 0 Å². The molecule has 0 aromatic carbocycles. The second kappa shape index (κ2) is 4.26. The van der Waals surface area contributed by atoms with E-state index in [0.29, 0.717) is 6.04 Å². The van der Waals surface area contributed by atoms with Crippen LogP contribution in [0.3, 0.4) is 0 Å². The Bertz CT molecular complexity index is 189. The van der Waals surface area contributed by atoms with Crippen molar-refractivity contribution in [3.63, 3.8) is 0 Å². The molecule has 0 spiro atoms. The van der Waals surface area contributed by atoms with E-state index >= 15 is 0 Å². The largest absolute Gasteiger partial charge is 0.481 e. The molecule has 0 saturated heterocycles. The zero-order valence-electron chi connectivity index (χ0n) is 7.29. The first-order valence-electron chi connectivity index (χ1n) is 4.33. The van der Waals surface area contributed by atoms with Gasteiger partial charge in [-0.05, 0) is 19.8 Å². The molecule has 1 aliphatic rings. The van der Waals surface area contributed by atoms with Crippen LogP contribution in [-0.2, 0) is 4.79 Å². The number of rotatable bonds is 4. The topological polar surface area (TPSA) is 49.3 Å². The maximum absolute atomic E-state index is 10.3. The van der Waals surface area contributed by atoms with E-state index in [9.17, 15) is 4.79 Å². The molecule has 0 bridgehead atoms. The Morgan fingerprint density at radius 2 is 2.58 bits per heavy atom. The van der Waals surface area contributed by atoms with E-state index in [1.54, 1.807) is 0 Å². The fourth-order valence-electron chi connectivity index (χ4n) is 1.46. The maximum atomic E-state index is 10.3. The lowest BCUT2D eigenvalue weighted by Gasteiger charge is -2.15. The van der Waals surface area contributed by atoms with Crippen molar-refractivity contribution in [3.05, 3.63) is 12.2 Å². The van der Waals surface area contributed by atoms with E-state index in [0.717, 1.165) is 12.8 Å². The number of carboxylic acid groups (broad SMARTS) is 1. The van der Waals surface area contributed by atoms with Gasteiger partial charge in [0, 0.05) is 12.1 Å². The number of hydrogen-bond acceptors (Lipinski definition) is 2. The van der Waals surface area contributed by atoms with Crippen LogP contribution >= 0.6 is 0 Å². The molecule has 0 aromatic rings. The third kappa shape index (κ3) is 3.05. The van der Waals surface area contributed by atoms with Crippen LogP contribution in [0.25, 0.3) is 0 Å². The lowest BCUT2D eigenvalue weighted by molar-refractivity contribution is -0.137. The molecular formula is C9H15NO2. The average Bonchev–Trinajstić information content (AvgIpc) is 2.37. The summed E-state index contributed by atoms with van der Waals surface area (Å²) in [7, 11) is 0. The first-order chi connectivity index (χ1) is 5.68. The van der Waals surface area contributed by atoms with Gasteiger partial charge >= 0.3 is 5.97 Å². The van der Waals surface area contributed by atoms with Crippen LogP contribution in [0, 0.1) is 0 Å². The normalized spacial score (nSPS) is 24.2. The van der Waals surface area contributed by atoms with Crippen molar-refractivity contribution in [3.8, 4) is 0 Å². The molecule has 3 heteroatoms. The van der Waals surface area contributed by atoms with Crippen molar-refractivity contribution in [2.75, 3.05) is 0 Å². The van der Waals surface area contributed by atoms with Crippen molar-refractivity contribution in [2.45, 2.75) is 38.3 Å². The number of carbonyl (C=O) groups is 1. The summed E-state index contributed by atoms with van der Waals surface area (Å²) in [6.45, 7) is 1.90. The highest BCUT2D eigenvalue weighted by molar-refractivity contribution is 5.67. The predicted molar refractivity (Wildman–Crippen MR) is 47.0 cm³/mol. The first kappa shape index (κ1) is 9.26. The lowest BCUT2D eigenvalue weighted by atomic mass is 10.2. The number of nitrogens with one attached hydrogen (secondary N) is 1. The fraction of sp³-hybridized carbons (Fsp3) is 0.667. The summed E-state index contributed by atoms with van der Waals surface area (Å²) in [5.41, 5.74) is 0. The van der Waals surface area contributed by atoms with Crippen molar-refractivity contribution in [1.82, 2.24) is 5.32 Å². The molecule has 0 aliphatic heterocycles. The van der Waals surface area contributed by atoms with Gasteiger partial charge in [-0.1, -0.05) is 12.2 Å². The molecule has 0 aromatic heterocycles. The average molecular weight is 169 g/mol. The summed E-state index contributed by atoms with van der Waals surface area (Å²) in [6, 6.07) is 0.453. The number of aliphatic carboxylic acids is 1. The molecule has 1 aliphatic carbocycles. The van der Waals surface area contributed by atoms with Gasteiger partial charge in [0.25, 0.3) is 0 Å². The molecule has 2 N–H and O–H groups in total. The minimum Gasteiger partial charge on any atom is -0.481 e. The van der Waals surface area contributed by atoms with Gasteiger partial charge in [0.1, 0.15) is 0 Å². The van der Waals surface area contributed by atoms with E-state index in [1.807, 2.05) is 6.92 Å². The van der Waals surface area contributed by atoms with E-state index in [-0.39, 0.29) is 12.5 Å². The van der Waals surface area contributed by atoms with Gasteiger partial charge in [-0.25, -0.2) is 0 Å². The second-order valence-electron chi connectivity index (χ2n) is 3.28. The molecule has 12 heavy (non-hydrogen) atoms. The Hall–Kier alpha value is -0.830. The predicted octanol–water partition coefficient (Wildman–Crippen LogP) is 1.16. The highest BCUT2D eigenvalue weighted by Gasteiger charge is 2.13. The Morgan fingerprint density at radius 3 is 3.08 bits per heavy atom. The van der Waals surface area contributed by atoms with Gasteiger partial charge in [0.05, 0.1) is 6.42 Å². The highest BCUT2D eigenvalue weighted by Crippen LogP contribution is 2.10. The molecule has 0 saturated carbocycles. The van der Waals surface area contributed by atoms with Gasteiger partial charge in [0.2, 0.25) is 0 Å². The molecule has 0 amide bonds. The third-order valence-corrected chi connectivity index (χ3v) is 1.99. The zero-order valence-corrected chi connectivity index (χ0v) is 7.29.